The normalized spacial score (nSPS) is 12.1. The van der Waals surface area contributed by atoms with Gasteiger partial charge in [0, 0.05) is 25.6 Å². The van der Waals surface area contributed by atoms with E-state index in [2.05, 4.69) is 20.4 Å². The fraction of sp³-hybridized carbons (Fsp3) is 0.385. The molecule has 2 aromatic heterocycles. The van der Waals surface area contributed by atoms with E-state index >= 15 is 0 Å². The Bertz CT molecular complexity index is 554. The molecule has 0 spiro atoms. The monoisotopic (exact) mass is 276 g/mol. The summed E-state index contributed by atoms with van der Waals surface area (Å²) in [5.74, 6) is 0.631. The van der Waals surface area contributed by atoms with Gasteiger partial charge < -0.3 is 14.9 Å². The van der Waals surface area contributed by atoms with Crippen molar-refractivity contribution in [3.63, 3.8) is 0 Å². The first-order valence-corrected chi connectivity index (χ1v) is 6.34. The summed E-state index contributed by atoms with van der Waals surface area (Å²) in [5, 5.41) is 15.5. The SMILES string of the molecule is CC(O)CNC(=O)CCc1nc(-c2ccccn2)no1. The molecule has 0 bridgehead atoms. The third-order valence-corrected chi connectivity index (χ3v) is 2.52. The predicted molar refractivity (Wildman–Crippen MR) is 70.5 cm³/mol. The Morgan fingerprint density at radius 1 is 1.50 bits per heavy atom. The number of aliphatic hydroxyl groups is 1. The van der Waals surface area contributed by atoms with Crippen LogP contribution in [0.1, 0.15) is 19.2 Å². The largest absolute Gasteiger partial charge is 0.392 e. The Morgan fingerprint density at radius 3 is 3.05 bits per heavy atom. The molecule has 0 aliphatic heterocycles. The van der Waals surface area contributed by atoms with Crippen LogP contribution in [0.25, 0.3) is 11.5 Å². The Balaban J connectivity index is 1.86. The van der Waals surface area contributed by atoms with Gasteiger partial charge in [0.15, 0.2) is 0 Å². The second-order valence-corrected chi connectivity index (χ2v) is 4.38. The van der Waals surface area contributed by atoms with Crippen molar-refractivity contribution in [1.82, 2.24) is 20.4 Å². The summed E-state index contributed by atoms with van der Waals surface area (Å²) in [6.45, 7) is 1.85. The topological polar surface area (TPSA) is 101 Å². The molecule has 106 valence electrons. The summed E-state index contributed by atoms with van der Waals surface area (Å²) in [5.41, 5.74) is 0.626. The van der Waals surface area contributed by atoms with E-state index in [1.54, 1.807) is 25.3 Å². The molecule has 7 nitrogen and oxygen atoms in total. The molecule has 0 aromatic carbocycles. The van der Waals surface area contributed by atoms with E-state index in [1.807, 2.05) is 6.07 Å². The first-order valence-electron chi connectivity index (χ1n) is 6.34. The van der Waals surface area contributed by atoms with Crippen LogP contribution < -0.4 is 5.32 Å². The lowest BCUT2D eigenvalue weighted by atomic mass is 10.3. The maximum Gasteiger partial charge on any atom is 0.227 e. The average molecular weight is 276 g/mol. The number of aryl methyl sites for hydroxylation is 1. The van der Waals surface area contributed by atoms with Crippen molar-refractivity contribution < 1.29 is 14.4 Å². The van der Waals surface area contributed by atoms with Crippen LogP contribution in [-0.4, -0.2) is 38.8 Å². The van der Waals surface area contributed by atoms with Crippen molar-refractivity contribution >= 4 is 5.91 Å². The molecule has 20 heavy (non-hydrogen) atoms. The first-order chi connectivity index (χ1) is 9.65. The fourth-order valence-electron chi connectivity index (χ4n) is 1.53. The maximum absolute atomic E-state index is 11.5. The van der Waals surface area contributed by atoms with Crippen molar-refractivity contribution in [3.8, 4) is 11.5 Å². The van der Waals surface area contributed by atoms with Crippen LogP contribution in [0.4, 0.5) is 0 Å². The summed E-state index contributed by atoms with van der Waals surface area (Å²) in [6.07, 6.45) is 1.68. The molecule has 2 aromatic rings. The summed E-state index contributed by atoms with van der Waals surface area (Å²) in [7, 11) is 0. The van der Waals surface area contributed by atoms with Gasteiger partial charge in [-0.1, -0.05) is 11.2 Å². The number of amides is 1. The van der Waals surface area contributed by atoms with Crippen LogP contribution in [0.15, 0.2) is 28.9 Å². The predicted octanol–water partition coefficient (Wildman–Crippen LogP) is 0.561. The van der Waals surface area contributed by atoms with E-state index < -0.39 is 6.10 Å². The van der Waals surface area contributed by atoms with E-state index in [4.69, 9.17) is 9.63 Å². The van der Waals surface area contributed by atoms with Crippen LogP contribution in [0.3, 0.4) is 0 Å². The zero-order valence-electron chi connectivity index (χ0n) is 11.1. The van der Waals surface area contributed by atoms with Gasteiger partial charge in [-0.25, -0.2) is 0 Å². The van der Waals surface area contributed by atoms with E-state index in [0.717, 1.165) is 0 Å². The Labute approximate surface area is 116 Å². The van der Waals surface area contributed by atoms with Gasteiger partial charge in [-0.15, -0.1) is 0 Å². The number of carbonyl (C=O) groups is 1. The third-order valence-electron chi connectivity index (χ3n) is 2.52. The number of aliphatic hydroxyl groups excluding tert-OH is 1. The quantitative estimate of drug-likeness (QED) is 0.799. The number of rotatable bonds is 6. The van der Waals surface area contributed by atoms with Crippen molar-refractivity contribution in [3.05, 3.63) is 30.3 Å². The van der Waals surface area contributed by atoms with E-state index in [1.165, 1.54) is 0 Å². The van der Waals surface area contributed by atoms with Crippen molar-refractivity contribution in [2.45, 2.75) is 25.9 Å². The molecule has 2 rings (SSSR count). The molecule has 1 unspecified atom stereocenters. The molecule has 0 fully saturated rings. The van der Waals surface area contributed by atoms with E-state index in [-0.39, 0.29) is 18.9 Å². The highest BCUT2D eigenvalue weighted by Crippen LogP contribution is 2.12. The van der Waals surface area contributed by atoms with Gasteiger partial charge >= 0.3 is 0 Å². The van der Waals surface area contributed by atoms with Gasteiger partial charge in [-0.2, -0.15) is 4.98 Å². The first kappa shape index (κ1) is 14.1. The van der Waals surface area contributed by atoms with Crippen LogP contribution in [0, 0.1) is 0 Å². The molecule has 0 aliphatic carbocycles. The van der Waals surface area contributed by atoms with E-state index in [0.29, 0.717) is 23.8 Å². The minimum atomic E-state index is -0.557. The molecule has 0 radical (unpaired) electrons. The highest BCUT2D eigenvalue weighted by Gasteiger charge is 2.11. The van der Waals surface area contributed by atoms with Gasteiger partial charge in [0.2, 0.25) is 17.6 Å². The standard InChI is InChI=1S/C13H16N4O3/c1-9(18)8-15-11(19)5-6-12-16-13(17-20-12)10-4-2-3-7-14-10/h2-4,7,9,18H,5-6,8H2,1H3,(H,15,19). The summed E-state index contributed by atoms with van der Waals surface area (Å²) in [6, 6.07) is 5.42. The van der Waals surface area contributed by atoms with Crippen LogP contribution in [0.2, 0.25) is 0 Å². The summed E-state index contributed by atoms with van der Waals surface area (Å²) >= 11 is 0. The van der Waals surface area contributed by atoms with Gasteiger partial charge in [-0.05, 0) is 19.1 Å². The van der Waals surface area contributed by atoms with Crippen LogP contribution >= 0.6 is 0 Å². The zero-order valence-corrected chi connectivity index (χ0v) is 11.1. The molecule has 0 saturated heterocycles. The summed E-state index contributed by atoms with van der Waals surface area (Å²) < 4.78 is 5.06. The second kappa shape index (κ2) is 6.76. The molecule has 2 N–H and O–H groups in total. The number of aromatic nitrogens is 3. The average Bonchev–Trinajstić information content (AvgIpc) is 2.93. The Morgan fingerprint density at radius 2 is 2.35 bits per heavy atom. The molecule has 7 heteroatoms. The molecule has 2 heterocycles. The van der Waals surface area contributed by atoms with Crippen molar-refractivity contribution in [1.29, 1.82) is 0 Å². The number of nitrogens with one attached hydrogen (secondary N) is 1. The maximum atomic E-state index is 11.5. The lowest BCUT2D eigenvalue weighted by Gasteiger charge is -2.05. The van der Waals surface area contributed by atoms with Crippen LogP contribution in [-0.2, 0) is 11.2 Å². The third kappa shape index (κ3) is 4.13. The number of nitrogens with zero attached hydrogens (tertiary/aromatic N) is 3. The summed E-state index contributed by atoms with van der Waals surface area (Å²) in [4.78, 5) is 19.8. The minimum Gasteiger partial charge on any atom is -0.392 e. The molecular weight excluding hydrogens is 260 g/mol. The molecule has 1 amide bonds. The number of pyridine rings is 1. The molecule has 1 atom stereocenters. The minimum absolute atomic E-state index is 0.163. The fourth-order valence-corrected chi connectivity index (χ4v) is 1.53. The van der Waals surface area contributed by atoms with E-state index in [9.17, 15) is 4.79 Å². The lowest BCUT2D eigenvalue weighted by Crippen LogP contribution is -2.30. The lowest BCUT2D eigenvalue weighted by molar-refractivity contribution is -0.121. The van der Waals surface area contributed by atoms with Crippen LogP contribution in [0.5, 0.6) is 0 Å². The zero-order chi connectivity index (χ0) is 14.4. The number of carbonyl (C=O) groups excluding carboxylic acids is 1. The van der Waals surface area contributed by atoms with Gasteiger partial charge in [0.05, 0.1) is 6.10 Å². The van der Waals surface area contributed by atoms with Crippen molar-refractivity contribution in [2.24, 2.45) is 0 Å². The van der Waals surface area contributed by atoms with Gasteiger partial charge in [0.1, 0.15) is 5.69 Å². The highest BCUT2D eigenvalue weighted by atomic mass is 16.5. The number of hydrogen-bond acceptors (Lipinski definition) is 6. The molecule has 0 aliphatic rings. The Hall–Kier alpha value is -2.28. The van der Waals surface area contributed by atoms with Crippen molar-refractivity contribution in [2.75, 3.05) is 6.54 Å². The smallest absolute Gasteiger partial charge is 0.227 e. The molecular formula is C13H16N4O3. The number of hydrogen-bond donors (Lipinski definition) is 2. The highest BCUT2D eigenvalue weighted by molar-refractivity contribution is 5.76. The Kier molecular flexibility index (Phi) is 4.78. The molecule has 0 saturated carbocycles. The van der Waals surface area contributed by atoms with Gasteiger partial charge in [0.25, 0.3) is 0 Å². The van der Waals surface area contributed by atoms with Gasteiger partial charge in [-0.3, -0.25) is 9.78 Å². The second-order valence-electron chi connectivity index (χ2n) is 4.38.